The first-order valence-electron chi connectivity index (χ1n) is 11.7. The highest BCUT2D eigenvalue weighted by Gasteiger charge is 2.29. The van der Waals surface area contributed by atoms with Crippen molar-refractivity contribution in [2.24, 2.45) is 17.6 Å². The summed E-state index contributed by atoms with van der Waals surface area (Å²) in [6.45, 7) is 3.87. The van der Waals surface area contributed by atoms with E-state index in [0.717, 1.165) is 44.6 Å². The molecule has 2 fully saturated rings. The lowest BCUT2D eigenvalue weighted by Crippen LogP contribution is -2.41. The van der Waals surface area contributed by atoms with Crippen molar-refractivity contribution in [3.63, 3.8) is 0 Å². The lowest BCUT2D eigenvalue weighted by atomic mass is 9.95. The van der Waals surface area contributed by atoms with E-state index in [0.29, 0.717) is 31.7 Å². The number of anilines is 1. The third kappa shape index (κ3) is 6.01. The first-order chi connectivity index (χ1) is 16.0. The number of likely N-dealkylation sites (tertiary alicyclic amines) is 2. The lowest BCUT2D eigenvalue weighted by molar-refractivity contribution is -0.123. The normalized spacial score (nSPS) is 18.2. The largest absolute Gasteiger partial charge is 0.459 e. The van der Waals surface area contributed by atoms with Gasteiger partial charge >= 0.3 is 0 Å². The molecule has 2 aromatic rings. The molecular formula is C25H32N4O4. The Bertz CT molecular complexity index is 941. The number of carbonyl (C=O) groups excluding carboxylic acids is 3. The minimum atomic E-state index is -0.180. The summed E-state index contributed by atoms with van der Waals surface area (Å²) in [7, 11) is 0. The van der Waals surface area contributed by atoms with Gasteiger partial charge < -0.3 is 25.3 Å². The first-order valence-corrected chi connectivity index (χ1v) is 11.7. The van der Waals surface area contributed by atoms with E-state index in [-0.39, 0.29) is 29.6 Å². The summed E-state index contributed by atoms with van der Waals surface area (Å²) in [6.07, 6.45) is 5.39. The van der Waals surface area contributed by atoms with Crippen LogP contribution in [0.3, 0.4) is 0 Å². The molecule has 0 saturated carbocycles. The number of nitrogens with two attached hydrogens (primary N) is 1. The van der Waals surface area contributed by atoms with Crippen LogP contribution in [0.15, 0.2) is 47.1 Å². The van der Waals surface area contributed by atoms with Crippen molar-refractivity contribution >= 4 is 23.4 Å². The third-order valence-corrected chi connectivity index (χ3v) is 6.81. The summed E-state index contributed by atoms with van der Waals surface area (Å²) in [4.78, 5) is 40.5. The van der Waals surface area contributed by atoms with Gasteiger partial charge in [-0.15, -0.1) is 0 Å². The van der Waals surface area contributed by atoms with Crippen LogP contribution >= 0.6 is 0 Å². The fourth-order valence-electron chi connectivity index (χ4n) is 4.63. The molecule has 3 N–H and O–H groups in total. The lowest BCUT2D eigenvalue weighted by Gasteiger charge is -2.30. The van der Waals surface area contributed by atoms with Crippen molar-refractivity contribution in [2.45, 2.75) is 32.1 Å². The van der Waals surface area contributed by atoms with E-state index in [2.05, 4.69) is 22.3 Å². The van der Waals surface area contributed by atoms with Crippen molar-refractivity contribution in [1.29, 1.82) is 0 Å². The quantitative estimate of drug-likeness (QED) is 0.671. The number of benzene rings is 1. The van der Waals surface area contributed by atoms with Gasteiger partial charge in [0.1, 0.15) is 0 Å². The van der Waals surface area contributed by atoms with E-state index in [1.165, 1.54) is 11.8 Å². The molecule has 0 unspecified atom stereocenters. The molecule has 0 radical (unpaired) electrons. The van der Waals surface area contributed by atoms with Crippen LogP contribution in [0.5, 0.6) is 0 Å². The van der Waals surface area contributed by atoms with E-state index in [4.69, 9.17) is 10.2 Å². The smallest absolute Gasteiger partial charge is 0.289 e. The molecule has 2 saturated heterocycles. The maximum absolute atomic E-state index is 12.7. The summed E-state index contributed by atoms with van der Waals surface area (Å²) in [5.41, 5.74) is 7.41. The number of piperidine rings is 2. The van der Waals surface area contributed by atoms with Crippen LogP contribution in [0.2, 0.25) is 0 Å². The third-order valence-electron chi connectivity index (χ3n) is 6.81. The van der Waals surface area contributed by atoms with Gasteiger partial charge in [-0.2, -0.15) is 0 Å². The predicted molar refractivity (Wildman–Crippen MR) is 124 cm³/mol. The molecule has 8 heteroatoms. The van der Waals surface area contributed by atoms with Crippen LogP contribution in [-0.4, -0.2) is 60.2 Å². The van der Waals surface area contributed by atoms with Crippen LogP contribution in [0.1, 0.15) is 41.8 Å². The zero-order valence-electron chi connectivity index (χ0n) is 18.9. The van der Waals surface area contributed by atoms with E-state index in [1.54, 1.807) is 17.0 Å². The summed E-state index contributed by atoms with van der Waals surface area (Å²) < 4.78 is 5.19. The Kier molecular flexibility index (Phi) is 7.44. The van der Waals surface area contributed by atoms with E-state index < -0.39 is 0 Å². The van der Waals surface area contributed by atoms with Crippen molar-refractivity contribution in [3.05, 3.63) is 54.0 Å². The molecule has 1 aromatic carbocycles. The molecule has 3 amide bonds. The molecule has 3 heterocycles. The Morgan fingerprint density at radius 1 is 0.939 bits per heavy atom. The van der Waals surface area contributed by atoms with Gasteiger partial charge in [0.15, 0.2) is 5.76 Å². The summed E-state index contributed by atoms with van der Waals surface area (Å²) in [5.74, 6) is -0.0354. The summed E-state index contributed by atoms with van der Waals surface area (Å²) in [6, 6.07) is 11.4. The second kappa shape index (κ2) is 10.7. The van der Waals surface area contributed by atoms with Gasteiger partial charge in [0.25, 0.3) is 5.91 Å². The van der Waals surface area contributed by atoms with Gasteiger partial charge in [-0.3, -0.25) is 14.4 Å². The number of amides is 3. The van der Waals surface area contributed by atoms with Gasteiger partial charge in [0.2, 0.25) is 11.8 Å². The van der Waals surface area contributed by atoms with E-state index in [9.17, 15) is 14.4 Å². The number of hydrogen-bond donors (Lipinski definition) is 2. The zero-order valence-corrected chi connectivity index (χ0v) is 18.9. The molecule has 33 heavy (non-hydrogen) atoms. The number of nitrogens with zero attached hydrogens (tertiary/aromatic N) is 2. The molecule has 176 valence electrons. The Morgan fingerprint density at radius 2 is 1.61 bits per heavy atom. The highest BCUT2D eigenvalue weighted by Crippen LogP contribution is 2.22. The maximum atomic E-state index is 12.7. The maximum Gasteiger partial charge on any atom is 0.289 e. The second-order valence-electron chi connectivity index (χ2n) is 9.00. The number of primary amides is 1. The van der Waals surface area contributed by atoms with Crippen LogP contribution in [0.25, 0.3) is 0 Å². The van der Waals surface area contributed by atoms with Gasteiger partial charge in [0, 0.05) is 37.2 Å². The Hall–Kier alpha value is -3.13. The van der Waals surface area contributed by atoms with Crippen molar-refractivity contribution < 1.29 is 18.8 Å². The average molecular weight is 453 g/mol. The predicted octanol–water partition coefficient (Wildman–Crippen LogP) is 2.51. The van der Waals surface area contributed by atoms with Gasteiger partial charge in [-0.25, -0.2) is 0 Å². The summed E-state index contributed by atoms with van der Waals surface area (Å²) >= 11 is 0. The van der Waals surface area contributed by atoms with Crippen LogP contribution in [0, 0.1) is 11.8 Å². The Morgan fingerprint density at radius 3 is 2.21 bits per heavy atom. The van der Waals surface area contributed by atoms with E-state index in [1.807, 2.05) is 12.1 Å². The van der Waals surface area contributed by atoms with Gasteiger partial charge in [0.05, 0.1) is 6.26 Å². The van der Waals surface area contributed by atoms with Crippen molar-refractivity contribution in [2.75, 3.05) is 38.0 Å². The number of hydrogen-bond acceptors (Lipinski definition) is 5. The Labute approximate surface area is 194 Å². The minimum Gasteiger partial charge on any atom is -0.459 e. The van der Waals surface area contributed by atoms with Crippen LogP contribution in [0.4, 0.5) is 5.69 Å². The average Bonchev–Trinajstić information content (AvgIpc) is 3.38. The molecule has 0 aliphatic carbocycles. The number of carbonyl (C=O) groups is 3. The molecule has 2 aliphatic rings. The SMILES string of the molecule is NC(=O)C1CCN(CCc2ccc(NC(=O)C3CCN(C(=O)c4ccco4)CC3)cc2)CC1. The molecule has 0 atom stereocenters. The number of rotatable bonds is 7. The van der Waals surface area contributed by atoms with Crippen molar-refractivity contribution in [1.82, 2.24) is 9.80 Å². The highest BCUT2D eigenvalue weighted by molar-refractivity contribution is 5.94. The van der Waals surface area contributed by atoms with Crippen LogP contribution in [-0.2, 0) is 16.0 Å². The molecule has 4 rings (SSSR count). The number of furan rings is 1. The molecule has 8 nitrogen and oxygen atoms in total. The number of nitrogens with one attached hydrogen (secondary N) is 1. The fourth-order valence-corrected chi connectivity index (χ4v) is 4.63. The molecular weight excluding hydrogens is 420 g/mol. The molecule has 0 spiro atoms. The van der Waals surface area contributed by atoms with Crippen LogP contribution < -0.4 is 11.1 Å². The summed E-state index contributed by atoms with van der Waals surface area (Å²) in [5, 5.41) is 3.02. The standard InChI is InChI=1S/C25H32N4O4/c26-23(30)19-8-13-28(14-9-19)12-7-18-3-5-21(6-4-18)27-24(31)20-10-15-29(16-11-20)25(32)22-2-1-17-33-22/h1-6,17,19-20H,7-16H2,(H2,26,30)(H,27,31). The second-order valence-corrected chi connectivity index (χ2v) is 9.00. The van der Waals surface area contributed by atoms with Crippen molar-refractivity contribution in [3.8, 4) is 0 Å². The molecule has 1 aromatic heterocycles. The monoisotopic (exact) mass is 452 g/mol. The highest BCUT2D eigenvalue weighted by atomic mass is 16.3. The first kappa shape index (κ1) is 23.0. The zero-order chi connectivity index (χ0) is 23.2. The molecule has 2 aliphatic heterocycles. The topological polar surface area (TPSA) is 109 Å². The fraction of sp³-hybridized carbons (Fsp3) is 0.480. The Balaban J connectivity index is 1.19. The molecule has 0 bridgehead atoms. The van der Waals surface area contributed by atoms with Gasteiger partial charge in [-0.05, 0) is 75.0 Å². The van der Waals surface area contributed by atoms with Gasteiger partial charge in [-0.1, -0.05) is 12.1 Å². The van der Waals surface area contributed by atoms with E-state index >= 15 is 0 Å². The minimum absolute atomic E-state index is 0.00479.